The largest absolute Gasteiger partial charge is 0.336 e. The number of benzene rings is 1. The molecule has 0 aliphatic heterocycles. The molecule has 7 heteroatoms. The number of nitrogens with one attached hydrogen (secondary N) is 1. The predicted octanol–water partition coefficient (Wildman–Crippen LogP) is 2.16. The second kappa shape index (κ2) is 6.44. The van der Waals surface area contributed by atoms with Crippen LogP contribution in [0.25, 0.3) is 0 Å². The summed E-state index contributed by atoms with van der Waals surface area (Å²) < 4.78 is 13.2. The minimum absolute atomic E-state index is 0.178. The molecule has 0 spiro atoms. The number of amides is 1. The molecule has 0 aromatic heterocycles. The zero-order valence-electron chi connectivity index (χ0n) is 10.2. The van der Waals surface area contributed by atoms with Gasteiger partial charge in [0.2, 0.25) is 0 Å². The molecule has 0 saturated heterocycles. The first-order chi connectivity index (χ1) is 8.97. The van der Waals surface area contributed by atoms with Gasteiger partial charge in [0.05, 0.1) is 17.1 Å². The van der Waals surface area contributed by atoms with E-state index in [1.54, 1.807) is 0 Å². The number of non-ortho nitro benzene ring substituents is 1. The van der Waals surface area contributed by atoms with E-state index >= 15 is 0 Å². The molecule has 0 saturated carbocycles. The lowest BCUT2D eigenvalue weighted by molar-refractivity contribution is -0.385. The van der Waals surface area contributed by atoms with Crippen LogP contribution in [-0.2, 0) is 0 Å². The Hall–Kier alpha value is -2.49. The molecule has 1 atom stereocenters. The molecule has 0 aliphatic rings. The first-order valence-corrected chi connectivity index (χ1v) is 5.63. The minimum atomic E-state index is -0.872. The Labute approximate surface area is 109 Å². The fraction of sp³-hybridized carbons (Fsp3) is 0.333. The summed E-state index contributed by atoms with van der Waals surface area (Å²) in [5, 5.41) is 21.8. The van der Waals surface area contributed by atoms with Crippen LogP contribution < -0.4 is 5.32 Å². The molecule has 100 valence electrons. The number of nitriles is 1. The third-order valence-corrected chi connectivity index (χ3v) is 2.39. The van der Waals surface area contributed by atoms with Gasteiger partial charge in [0.15, 0.2) is 0 Å². The second-order valence-corrected chi connectivity index (χ2v) is 3.90. The highest BCUT2D eigenvalue weighted by molar-refractivity contribution is 5.95. The number of carbonyl (C=O) groups is 1. The van der Waals surface area contributed by atoms with E-state index in [0.717, 1.165) is 18.2 Å². The smallest absolute Gasteiger partial charge is 0.273 e. The molecule has 1 unspecified atom stereocenters. The van der Waals surface area contributed by atoms with Crippen LogP contribution in [0, 0.1) is 27.3 Å². The van der Waals surface area contributed by atoms with Gasteiger partial charge in [-0.05, 0) is 12.5 Å². The maximum atomic E-state index is 13.2. The lowest BCUT2D eigenvalue weighted by atomic mass is 10.1. The molecule has 0 radical (unpaired) electrons. The fourth-order valence-electron chi connectivity index (χ4n) is 1.51. The van der Waals surface area contributed by atoms with Crippen molar-refractivity contribution >= 4 is 11.6 Å². The molecule has 6 nitrogen and oxygen atoms in total. The number of nitrogens with zero attached hydrogens (tertiary/aromatic N) is 2. The van der Waals surface area contributed by atoms with Gasteiger partial charge in [-0.2, -0.15) is 5.26 Å². The van der Waals surface area contributed by atoms with E-state index in [1.165, 1.54) is 0 Å². The average molecular weight is 265 g/mol. The Morgan fingerprint density at radius 2 is 2.26 bits per heavy atom. The molecule has 1 amide bonds. The predicted molar refractivity (Wildman–Crippen MR) is 64.8 cm³/mol. The summed E-state index contributed by atoms with van der Waals surface area (Å²) in [4.78, 5) is 21.5. The van der Waals surface area contributed by atoms with Gasteiger partial charge in [0, 0.05) is 11.6 Å². The molecule has 1 rings (SSSR count). The van der Waals surface area contributed by atoms with E-state index in [4.69, 9.17) is 5.26 Å². The van der Waals surface area contributed by atoms with Crippen molar-refractivity contribution in [1.29, 1.82) is 5.26 Å². The molecular formula is C12H12FN3O3. The Kier molecular flexibility index (Phi) is 4.94. The number of nitro benzene ring substituents is 1. The van der Waals surface area contributed by atoms with Gasteiger partial charge in [-0.25, -0.2) is 4.39 Å². The highest BCUT2D eigenvalue weighted by Crippen LogP contribution is 2.16. The Morgan fingerprint density at radius 1 is 1.58 bits per heavy atom. The van der Waals surface area contributed by atoms with Crippen molar-refractivity contribution in [2.45, 2.75) is 25.8 Å². The highest BCUT2D eigenvalue weighted by Gasteiger charge is 2.17. The number of carbonyl (C=O) groups excluding carboxylic acids is 1. The number of halogens is 1. The van der Waals surface area contributed by atoms with Crippen LogP contribution in [0.4, 0.5) is 10.1 Å². The molecule has 19 heavy (non-hydrogen) atoms. The number of rotatable bonds is 5. The van der Waals surface area contributed by atoms with E-state index in [0.29, 0.717) is 12.8 Å². The van der Waals surface area contributed by atoms with Crippen molar-refractivity contribution in [3.8, 4) is 6.07 Å². The summed E-state index contributed by atoms with van der Waals surface area (Å²) in [6, 6.07) is 3.79. The zero-order chi connectivity index (χ0) is 14.4. The van der Waals surface area contributed by atoms with Crippen LogP contribution in [0.5, 0.6) is 0 Å². The monoisotopic (exact) mass is 265 g/mol. The third kappa shape index (κ3) is 4.03. The fourth-order valence-corrected chi connectivity index (χ4v) is 1.51. The van der Waals surface area contributed by atoms with E-state index < -0.39 is 28.4 Å². The van der Waals surface area contributed by atoms with Gasteiger partial charge in [-0.15, -0.1) is 0 Å². The average Bonchev–Trinajstić information content (AvgIpc) is 2.37. The first-order valence-electron chi connectivity index (χ1n) is 5.63. The van der Waals surface area contributed by atoms with Crippen molar-refractivity contribution in [2.24, 2.45) is 0 Å². The Bertz CT molecular complexity index is 540. The van der Waals surface area contributed by atoms with Crippen molar-refractivity contribution < 1.29 is 14.1 Å². The summed E-state index contributed by atoms with van der Waals surface area (Å²) in [6.45, 7) is 1.85. The minimum Gasteiger partial charge on any atom is -0.336 e. The molecule has 0 bridgehead atoms. The molecule has 0 fully saturated rings. The quantitative estimate of drug-likeness (QED) is 0.651. The topological polar surface area (TPSA) is 96.0 Å². The number of hydrogen-bond donors (Lipinski definition) is 1. The van der Waals surface area contributed by atoms with Gasteiger partial charge in [-0.3, -0.25) is 14.9 Å². The number of hydrogen-bond acceptors (Lipinski definition) is 4. The van der Waals surface area contributed by atoms with Crippen LogP contribution >= 0.6 is 0 Å². The van der Waals surface area contributed by atoms with Gasteiger partial charge in [-0.1, -0.05) is 13.3 Å². The van der Waals surface area contributed by atoms with E-state index in [1.807, 2.05) is 13.0 Å². The maximum Gasteiger partial charge on any atom is 0.273 e. The summed E-state index contributed by atoms with van der Waals surface area (Å²) in [5.74, 6) is -1.58. The molecule has 0 aliphatic carbocycles. The summed E-state index contributed by atoms with van der Waals surface area (Å²) in [6.07, 6.45) is 1.15. The third-order valence-electron chi connectivity index (χ3n) is 2.39. The van der Waals surface area contributed by atoms with E-state index in [-0.39, 0.29) is 5.56 Å². The highest BCUT2D eigenvalue weighted by atomic mass is 19.1. The van der Waals surface area contributed by atoms with Gasteiger partial charge < -0.3 is 5.32 Å². The van der Waals surface area contributed by atoms with Crippen LogP contribution in [0.15, 0.2) is 18.2 Å². The molecule has 1 aromatic carbocycles. The SMILES string of the molecule is CCCC(C#N)NC(=O)c1cc(F)cc([N+](=O)[O-])c1. The normalized spacial score (nSPS) is 11.4. The van der Waals surface area contributed by atoms with Gasteiger partial charge in [0.1, 0.15) is 11.9 Å². The summed E-state index contributed by atoms with van der Waals surface area (Å²) in [7, 11) is 0. The van der Waals surface area contributed by atoms with Crippen molar-refractivity contribution in [2.75, 3.05) is 0 Å². The second-order valence-electron chi connectivity index (χ2n) is 3.90. The van der Waals surface area contributed by atoms with Gasteiger partial charge in [0.25, 0.3) is 11.6 Å². The molecule has 0 heterocycles. The van der Waals surface area contributed by atoms with Crippen molar-refractivity contribution in [3.63, 3.8) is 0 Å². The van der Waals surface area contributed by atoms with Crippen LogP contribution in [0.3, 0.4) is 0 Å². The number of nitro groups is 1. The zero-order valence-corrected chi connectivity index (χ0v) is 10.2. The van der Waals surface area contributed by atoms with Crippen molar-refractivity contribution in [3.05, 3.63) is 39.7 Å². The van der Waals surface area contributed by atoms with Crippen molar-refractivity contribution in [1.82, 2.24) is 5.32 Å². The van der Waals surface area contributed by atoms with Crippen LogP contribution in [0.2, 0.25) is 0 Å². The molecule has 1 N–H and O–H groups in total. The van der Waals surface area contributed by atoms with Crippen LogP contribution in [-0.4, -0.2) is 16.9 Å². The van der Waals surface area contributed by atoms with Gasteiger partial charge >= 0.3 is 0 Å². The summed E-state index contributed by atoms with van der Waals surface area (Å²) >= 11 is 0. The standard InChI is InChI=1S/C12H12FN3O3/c1-2-3-10(7-14)15-12(17)8-4-9(13)6-11(5-8)16(18)19/h4-6,10H,2-3H2,1H3,(H,15,17). The Morgan fingerprint density at radius 3 is 2.79 bits per heavy atom. The van der Waals surface area contributed by atoms with Crippen LogP contribution in [0.1, 0.15) is 30.1 Å². The molecule has 1 aromatic rings. The Balaban J connectivity index is 2.94. The maximum absolute atomic E-state index is 13.2. The summed E-state index contributed by atoms with van der Waals surface area (Å²) in [5.41, 5.74) is -0.683. The lowest BCUT2D eigenvalue weighted by Gasteiger charge is -2.10. The molecular weight excluding hydrogens is 253 g/mol. The first kappa shape index (κ1) is 14.6. The van der Waals surface area contributed by atoms with E-state index in [2.05, 4.69) is 5.32 Å². The lowest BCUT2D eigenvalue weighted by Crippen LogP contribution is -2.33. The van der Waals surface area contributed by atoms with E-state index in [9.17, 15) is 19.3 Å².